The first-order chi connectivity index (χ1) is 11.5. The number of nitrogens with zero attached hydrogens (tertiary/aromatic N) is 2. The van der Waals surface area contributed by atoms with Gasteiger partial charge >= 0.3 is 5.97 Å². The van der Waals surface area contributed by atoms with Crippen LogP contribution in [0.1, 0.15) is 12.6 Å². The van der Waals surface area contributed by atoms with Crippen molar-refractivity contribution in [1.82, 2.24) is 15.6 Å². The SMILES string of the molecule is C[C@@H]1OC(=O)C2=C1CS[C@@H](CNC(=O)/C(=N/O)c1csc(N)n1)N2. The summed E-state index contributed by atoms with van der Waals surface area (Å²) < 4.78 is 5.15. The van der Waals surface area contributed by atoms with Crippen LogP contribution in [0.2, 0.25) is 0 Å². The van der Waals surface area contributed by atoms with E-state index in [1.807, 2.05) is 6.92 Å². The number of carbonyl (C=O) groups excluding carboxylic acids is 2. The summed E-state index contributed by atoms with van der Waals surface area (Å²) >= 11 is 2.70. The molecule has 0 saturated heterocycles. The first-order valence-corrected chi connectivity index (χ1v) is 8.96. The van der Waals surface area contributed by atoms with Gasteiger partial charge in [-0.2, -0.15) is 0 Å². The number of carbonyl (C=O) groups is 2. The van der Waals surface area contributed by atoms with E-state index >= 15 is 0 Å². The Morgan fingerprint density at radius 3 is 3.12 bits per heavy atom. The molecule has 0 spiro atoms. The van der Waals surface area contributed by atoms with Gasteiger partial charge in [-0.1, -0.05) is 5.16 Å². The monoisotopic (exact) mass is 369 g/mol. The van der Waals surface area contributed by atoms with E-state index in [1.54, 1.807) is 11.8 Å². The normalized spacial score (nSPS) is 23.5. The standard InChI is InChI=1S/C13H15N5O4S2/c1-5-6-3-23-8(17-9(6)12(20)22-5)2-15-11(19)10(18-21)7-4-24-13(14)16-7/h4-5,8,17,21H,2-3H2,1H3,(H2,14,16)(H,15,19)/b18-10+/t5-,8-/m0/s1. The molecule has 0 saturated carbocycles. The molecule has 1 aromatic rings. The van der Waals surface area contributed by atoms with Crippen molar-refractivity contribution >= 4 is 45.8 Å². The van der Waals surface area contributed by atoms with E-state index in [-0.39, 0.29) is 40.5 Å². The van der Waals surface area contributed by atoms with Gasteiger partial charge in [0.25, 0.3) is 5.91 Å². The molecule has 3 rings (SSSR count). The minimum absolute atomic E-state index is 0.189. The lowest BCUT2D eigenvalue weighted by atomic mass is 10.1. The highest BCUT2D eigenvalue weighted by atomic mass is 32.2. The summed E-state index contributed by atoms with van der Waals surface area (Å²) in [5.41, 5.74) is 6.92. The molecule has 11 heteroatoms. The largest absolute Gasteiger partial charge is 0.453 e. The Morgan fingerprint density at radius 2 is 2.46 bits per heavy atom. The van der Waals surface area contributed by atoms with Crippen molar-refractivity contribution in [3.63, 3.8) is 0 Å². The molecule has 0 aliphatic carbocycles. The predicted octanol–water partition coefficient (Wildman–Crippen LogP) is -0.118. The van der Waals surface area contributed by atoms with E-state index in [4.69, 9.17) is 15.7 Å². The van der Waals surface area contributed by atoms with Crippen LogP contribution in [0, 0.1) is 0 Å². The second-order valence-corrected chi connectivity index (χ2v) is 7.20. The summed E-state index contributed by atoms with van der Waals surface area (Å²) in [6, 6.07) is 0. The summed E-state index contributed by atoms with van der Waals surface area (Å²) in [5.74, 6) is -0.295. The Labute approximate surface area is 145 Å². The van der Waals surface area contributed by atoms with E-state index < -0.39 is 5.91 Å². The Bertz CT molecular complexity index is 744. The van der Waals surface area contributed by atoms with Crippen LogP contribution in [-0.4, -0.2) is 51.6 Å². The second kappa shape index (κ2) is 6.69. The van der Waals surface area contributed by atoms with Gasteiger partial charge in [-0.3, -0.25) is 4.79 Å². The number of aromatic nitrogens is 1. The Balaban J connectivity index is 1.59. The summed E-state index contributed by atoms with van der Waals surface area (Å²) in [6.07, 6.45) is -0.216. The first kappa shape index (κ1) is 16.6. The van der Waals surface area contributed by atoms with Crippen LogP contribution in [0.3, 0.4) is 0 Å². The molecule has 0 aromatic carbocycles. The molecular weight excluding hydrogens is 354 g/mol. The third-order valence-electron chi connectivity index (χ3n) is 3.57. The highest BCUT2D eigenvalue weighted by Gasteiger charge is 2.36. The van der Waals surface area contributed by atoms with Gasteiger partial charge in [0.05, 0.1) is 5.37 Å². The average molecular weight is 369 g/mol. The lowest BCUT2D eigenvalue weighted by molar-refractivity contribution is -0.139. The highest BCUT2D eigenvalue weighted by Crippen LogP contribution is 2.30. The molecule has 9 nitrogen and oxygen atoms in total. The van der Waals surface area contributed by atoms with Gasteiger partial charge in [-0.15, -0.1) is 23.1 Å². The first-order valence-electron chi connectivity index (χ1n) is 7.03. The third-order valence-corrected chi connectivity index (χ3v) is 5.41. The molecule has 0 radical (unpaired) electrons. The number of thiazole rings is 1. The zero-order chi connectivity index (χ0) is 17.3. The Kier molecular flexibility index (Phi) is 4.62. The minimum atomic E-state index is -0.577. The van der Waals surface area contributed by atoms with Crippen molar-refractivity contribution in [1.29, 1.82) is 0 Å². The number of nitrogens with two attached hydrogens (primary N) is 1. The lowest BCUT2D eigenvalue weighted by Crippen LogP contribution is -2.44. The van der Waals surface area contributed by atoms with Crippen LogP contribution < -0.4 is 16.4 Å². The molecule has 0 bridgehead atoms. The van der Waals surface area contributed by atoms with Crippen LogP contribution >= 0.6 is 23.1 Å². The van der Waals surface area contributed by atoms with Crippen molar-refractivity contribution in [2.24, 2.45) is 5.16 Å². The van der Waals surface area contributed by atoms with Gasteiger partial charge in [-0.25, -0.2) is 9.78 Å². The van der Waals surface area contributed by atoms with Gasteiger partial charge in [0, 0.05) is 23.3 Å². The van der Waals surface area contributed by atoms with Crippen LogP contribution in [0.4, 0.5) is 5.13 Å². The summed E-state index contributed by atoms with van der Waals surface area (Å²) in [6.45, 7) is 2.06. The highest BCUT2D eigenvalue weighted by molar-refractivity contribution is 8.00. The van der Waals surface area contributed by atoms with Crippen molar-refractivity contribution in [2.45, 2.75) is 18.4 Å². The number of cyclic esters (lactones) is 1. The predicted molar refractivity (Wildman–Crippen MR) is 89.8 cm³/mol. The quantitative estimate of drug-likeness (QED) is 0.249. The molecule has 1 aromatic heterocycles. The number of thioether (sulfide) groups is 1. The van der Waals surface area contributed by atoms with E-state index in [0.717, 1.165) is 16.9 Å². The molecule has 24 heavy (non-hydrogen) atoms. The summed E-state index contributed by atoms with van der Waals surface area (Å²) in [4.78, 5) is 27.8. The van der Waals surface area contributed by atoms with E-state index in [9.17, 15) is 9.59 Å². The zero-order valence-electron chi connectivity index (χ0n) is 12.6. The molecule has 5 N–H and O–H groups in total. The van der Waals surface area contributed by atoms with Gasteiger partial charge < -0.3 is 26.3 Å². The Hall–Kier alpha value is -2.27. The number of hydrogen-bond acceptors (Lipinski definition) is 10. The fourth-order valence-corrected chi connectivity index (χ4v) is 4.06. The lowest BCUT2D eigenvalue weighted by Gasteiger charge is -2.24. The van der Waals surface area contributed by atoms with Crippen LogP contribution in [0.15, 0.2) is 21.8 Å². The van der Waals surface area contributed by atoms with Crippen LogP contribution in [-0.2, 0) is 14.3 Å². The maximum atomic E-state index is 12.2. The number of oxime groups is 1. The second-order valence-electron chi connectivity index (χ2n) is 5.12. The van der Waals surface area contributed by atoms with Crippen molar-refractivity contribution in [3.8, 4) is 0 Å². The van der Waals surface area contributed by atoms with E-state index in [0.29, 0.717) is 11.4 Å². The molecule has 3 heterocycles. The number of amides is 1. The molecule has 0 fully saturated rings. The average Bonchev–Trinajstić information content (AvgIpc) is 3.10. The fourth-order valence-electron chi connectivity index (χ4n) is 2.35. The Morgan fingerprint density at radius 1 is 1.67 bits per heavy atom. The van der Waals surface area contributed by atoms with Gasteiger partial charge in [0.15, 0.2) is 10.8 Å². The molecule has 128 valence electrons. The van der Waals surface area contributed by atoms with Gasteiger partial charge in [-0.05, 0) is 6.92 Å². The topological polar surface area (TPSA) is 139 Å². The summed E-state index contributed by atoms with van der Waals surface area (Å²) in [5, 5.41) is 19.4. The summed E-state index contributed by atoms with van der Waals surface area (Å²) in [7, 11) is 0. The molecule has 2 atom stereocenters. The van der Waals surface area contributed by atoms with Crippen LogP contribution in [0.25, 0.3) is 0 Å². The van der Waals surface area contributed by atoms with Crippen molar-refractivity contribution < 1.29 is 19.5 Å². The molecule has 0 unspecified atom stereocenters. The number of rotatable bonds is 4. The number of esters is 1. The van der Waals surface area contributed by atoms with Crippen LogP contribution in [0.5, 0.6) is 0 Å². The maximum Gasteiger partial charge on any atom is 0.355 e. The number of nitrogen functional groups attached to an aromatic ring is 1. The fraction of sp³-hybridized carbons (Fsp3) is 0.385. The molecule has 2 aliphatic rings. The van der Waals surface area contributed by atoms with E-state index in [2.05, 4.69) is 20.8 Å². The molecular formula is C13H15N5O4S2. The maximum absolute atomic E-state index is 12.2. The van der Waals surface area contributed by atoms with Gasteiger partial charge in [0.2, 0.25) is 0 Å². The number of hydrogen-bond donors (Lipinski definition) is 4. The third kappa shape index (κ3) is 3.17. The zero-order valence-corrected chi connectivity index (χ0v) is 14.2. The molecule has 1 amide bonds. The smallest absolute Gasteiger partial charge is 0.355 e. The number of nitrogens with one attached hydrogen (secondary N) is 2. The number of ether oxygens (including phenoxy) is 1. The van der Waals surface area contributed by atoms with Crippen molar-refractivity contribution in [3.05, 3.63) is 22.3 Å². The molecule has 2 aliphatic heterocycles. The van der Waals surface area contributed by atoms with Gasteiger partial charge in [0.1, 0.15) is 17.5 Å². The number of anilines is 1. The van der Waals surface area contributed by atoms with Crippen molar-refractivity contribution in [2.75, 3.05) is 18.0 Å². The van der Waals surface area contributed by atoms with E-state index in [1.165, 1.54) is 5.38 Å². The minimum Gasteiger partial charge on any atom is -0.453 e.